The van der Waals surface area contributed by atoms with Gasteiger partial charge in [-0.2, -0.15) is 0 Å². The minimum absolute atomic E-state index is 0.0339. The number of anilines is 2. The molecule has 1 aliphatic carbocycles. The standard InChI is InChI=1S/C45H48N12O7/c1-27-6-2-11-34(51-27)42(60)52-29-21-30(22-29)56-26-50-39-40(48-25-49-41(39)56)47-23-28-7-3-8-31(20-28)64-19-5-14-54-15-17-55(18-16-54)37(59)24-46-33-10-4-9-32-38(33)45(63)57(44(32)62)35-12-13-36(58)53-43(35)61/h2-4,6-11,20,25-26,29-30,35,46H,5,12-19,21-24H2,1H3,(H,52,60)(H,47,48,49)(H,53,58,61)/t29?,30?,35-/m0/s1. The SMILES string of the molecule is Cc1cccc(C(=O)NC2CC(n3cnc4c(NCc5cccc(OCCCN6CCN(C(=O)CNc7cccc8c7C(=O)N([C@H]7CCC(=O)NC7=O)C8=O)CC6)c5)ncnc43)C2)n1. The molecule has 0 spiro atoms. The number of nitrogens with zero attached hydrogens (tertiary/aromatic N) is 8. The Labute approximate surface area is 368 Å². The molecule has 3 aromatic heterocycles. The molecule has 5 aromatic rings. The first-order chi connectivity index (χ1) is 31.1. The first-order valence-electron chi connectivity index (χ1n) is 21.6. The maximum Gasteiger partial charge on any atom is 0.270 e. The fourth-order valence-corrected chi connectivity index (χ4v) is 8.69. The van der Waals surface area contributed by atoms with Gasteiger partial charge >= 0.3 is 0 Å². The van der Waals surface area contributed by atoms with E-state index in [1.807, 2.05) is 43.3 Å². The Hall–Kier alpha value is -7.28. The van der Waals surface area contributed by atoms with E-state index in [0.717, 1.165) is 53.4 Å². The summed E-state index contributed by atoms with van der Waals surface area (Å²) in [6.07, 6.45) is 5.77. The summed E-state index contributed by atoms with van der Waals surface area (Å²) in [5, 5.41) is 11.7. The van der Waals surface area contributed by atoms with Gasteiger partial charge in [0.2, 0.25) is 17.7 Å². The Bertz CT molecular complexity index is 2640. The summed E-state index contributed by atoms with van der Waals surface area (Å²) in [5.74, 6) is -1.23. The predicted octanol–water partition coefficient (Wildman–Crippen LogP) is 2.70. The number of benzene rings is 2. The number of hydrogen-bond donors (Lipinski definition) is 4. The van der Waals surface area contributed by atoms with Gasteiger partial charge in [-0.1, -0.05) is 24.3 Å². The number of fused-ring (bicyclic) bond motifs is 2. The van der Waals surface area contributed by atoms with Crippen molar-refractivity contribution in [3.63, 3.8) is 0 Å². The highest BCUT2D eigenvalue weighted by Gasteiger charge is 2.45. The second kappa shape index (κ2) is 18.2. The number of ether oxygens (including phenoxy) is 1. The fourth-order valence-electron chi connectivity index (χ4n) is 8.69. The number of imide groups is 2. The number of aromatic nitrogens is 5. The molecule has 0 unspecified atom stereocenters. The molecule has 2 aromatic carbocycles. The lowest BCUT2D eigenvalue weighted by molar-refractivity contribution is -0.136. The van der Waals surface area contributed by atoms with E-state index in [1.54, 1.807) is 29.4 Å². The van der Waals surface area contributed by atoms with Crippen LogP contribution >= 0.6 is 0 Å². The average Bonchev–Trinajstić information content (AvgIpc) is 3.83. The highest BCUT2D eigenvalue weighted by Crippen LogP contribution is 2.35. The van der Waals surface area contributed by atoms with Gasteiger partial charge in [-0.05, 0) is 74.6 Å². The molecule has 9 rings (SSSR count). The number of piperazine rings is 1. The molecule has 0 radical (unpaired) electrons. The predicted molar refractivity (Wildman–Crippen MR) is 232 cm³/mol. The number of rotatable bonds is 15. The zero-order chi connectivity index (χ0) is 44.3. The monoisotopic (exact) mass is 868 g/mol. The number of nitrogens with one attached hydrogen (secondary N) is 4. The summed E-state index contributed by atoms with van der Waals surface area (Å²) in [7, 11) is 0. The van der Waals surface area contributed by atoms with Crippen molar-refractivity contribution in [2.75, 3.05) is 56.5 Å². The van der Waals surface area contributed by atoms with Gasteiger partial charge in [-0.15, -0.1) is 0 Å². The number of hydrogen-bond acceptors (Lipinski definition) is 14. The van der Waals surface area contributed by atoms with E-state index in [-0.39, 0.29) is 54.4 Å². The van der Waals surface area contributed by atoms with Gasteiger partial charge in [0.05, 0.1) is 30.6 Å². The maximum atomic E-state index is 13.4. The van der Waals surface area contributed by atoms with Gasteiger partial charge in [0, 0.05) is 69.2 Å². The number of carbonyl (C=O) groups excluding carboxylic acids is 6. The molecule has 1 saturated carbocycles. The Morgan fingerprint density at radius 1 is 0.906 bits per heavy atom. The Balaban J connectivity index is 0.689. The van der Waals surface area contributed by atoms with Crippen LogP contribution in [0.3, 0.4) is 0 Å². The lowest BCUT2D eigenvalue weighted by atomic mass is 9.86. The lowest BCUT2D eigenvalue weighted by Gasteiger charge is -2.36. The summed E-state index contributed by atoms with van der Waals surface area (Å²) in [5.41, 5.74) is 4.28. The normalized spacial score (nSPS) is 19.9. The largest absolute Gasteiger partial charge is 0.494 e. The van der Waals surface area contributed by atoms with Gasteiger partial charge < -0.3 is 30.2 Å². The van der Waals surface area contributed by atoms with Crippen LogP contribution in [-0.2, 0) is 20.9 Å². The average molecular weight is 869 g/mol. The van der Waals surface area contributed by atoms with Crippen molar-refractivity contribution in [2.24, 2.45) is 0 Å². The van der Waals surface area contributed by atoms with E-state index < -0.39 is 29.7 Å². The lowest BCUT2D eigenvalue weighted by Crippen LogP contribution is -2.54. The Kier molecular flexibility index (Phi) is 12.0. The van der Waals surface area contributed by atoms with Gasteiger partial charge in [0.25, 0.3) is 17.7 Å². The Morgan fingerprint density at radius 2 is 1.72 bits per heavy atom. The molecule has 0 bridgehead atoms. The van der Waals surface area contributed by atoms with Crippen LogP contribution in [0.2, 0.25) is 0 Å². The van der Waals surface area contributed by atoms with Crippen LogP contribution in [0, 0.1) is 6.92 Å². The molecule has 2 saturated heterocycles. The number of aryl methyl sites for hydroxylation is 1. The fraction of sp³-hybridized carbons (Fsp3) is 0.378. The third kappa shape index (κ3) is 8.83. The van der Waals surface area contributed by atoms with Crippen LogP contribution in [0.4, 0.5) is 11.5 Å². The maximum absolute atomic E-state index is 13.4. The van der Waals surface area contributed by atoms with E-state index in [0.29, 0.717) is 62.0 Å². The summed E-state index contributed by atoms with van der Waals surface area (Å²) < 4.78 is 8.18. The van der Waals surface area contributed by atoms with Crippen LogP contribution in [0.5, 0.6) is 5.75 Å². The van der Waals surface area contributed by atoms with Crippen molar-refractivity contribution in [1.29, 1.82) is 0 Å². The molecule has 3 aliphatic heterocycles. The van der Waals surface area contributed by atoms with Gasteiger partial charge in [0.15, 0.2) is 11.5 Å². The number of piperidine rings is 1. The molecular weight excluding hydrogens is 821 g/mol. The second-order valence-electron chi connectivity index (χ2n) is 16.5. The van der Waals surface area contributed by atoms with E-state index in [4.69, 9.17) is 4.74 Å². The molecule has 1 atom stereocenters. The minimum atomic E-state index is -1.07. The van der Waals surface area contributed by atoms with Crippen LogP contribution in [-0.4, -0.2) is 133 Å². The molecule has 19 heteroatoms. The quantitative estimate of drug-likeness (QED) is 0.0878. The van der Waals surface area contributed by atoms with Crippen molar-refractivity contribution in [1.82, 2.24) is 49.8 Å². The molecule has 330 valence electrons. The molecule has 19 nitrogen and oxygen atoms in total. The number of imidazole rings is 1. The van der Waals surface area contributed by atoms with Gasteiger partial charge in [0.1, 0.15) is 29.3 Å². The van der Waals surface area contributed by atoms with Crippen molar-refractivity contribution < 1.29 is 33.5 Å². The highest BCUT2D eigenvalue weighted by molar-refractivity contribution is 6.25. The zero-order valence-corrected chi connectivity index (χ0v) is 35.3. The zero-order valence-electron chi connectivity index (χ0n) is 35.3. The topological polar surface area (TPSA) is 226 Å². The molecule has 4 N–H and O–H groups in total. The molecule has 6 heterocycles. The van der Waals surface area contributed by atoms with Crippen molar-refractivity contribution in [3.8, 4) is 5.75 Å². The number of amides is 6. The summed E-state index contributed by atoms with van der Waals surface area (Å²) >= 11 is 0. The minimum Gasteiger partial charge on any atom is -0.494 e. The van der Waals surface area contributed by atoms with Crippen LogP contribution in [0.25, 0.3) is 11.2 Å². The van der Waals surface area contributed by atoms with Gasteiger partial charge in [-0.3, -0.25) is 43.9 Å². The van der Waals surface area contributed by atoms with Crippen molar-refractivity contribution in [2.45, 2.75) is 63.7 Å². The molecule has 64 heavy (non-hydrogen) atoms. The smallest absolute Gasteiger partial charge is 0.270 e. The van der Waals surface area contributed by atoms with Crippen LogP contribution < -0.4 is 26.0 Å². The molecule has 4 aliphatic rings. The van der Waals surface area contributed by atoms with Crippen molar-refractivity contribution >= 4 is 58.1 Å². The van der Waals surface area contributed by atoms with Crippen LogP contribution in [0.1, 0.15) is 80.6 Å². The first kappa shape index (κ1) is 42.0. The molecular formula is C45H48N12O7. The number of carbonyl (C=O) groups is 6. The molecule has 3 fully saturated rings. The highest BCUT2D eigenvalue weighted by atomic mass is 16.5. The first-order valence-corrected chi connectivity index (χ1v) is 21.6. The van der Waals surface area contributed by atoms with Crippen LogP contribution in [0.15, 0.2) is 73.3 Å². The molecule has 6 amide bonds. The van der Waals surface area contributed by atoms with Gasteiger partial charge in [-0.25, -0.2) is 19.9 Å². The Morgan fingerprint density at radius 3 is 2.53 bits per heavy atom. The number of pyridine rings is 1. The van der Waals surface area contributed by atoms with E-state index in [9.17, 15) is 28.8 Å². The second-order valence-corrected chi connectivity index (χ2v) is 16.5. The van der Waals surface area contributed by atoms with E-state index >= 15 is 0 Å². The summed E-state index contributed by atoms with van der Waals surface area (Å²) in [6, 6.07) is 17.3. The third-order valence-corrected chi connectivity index (χ3v) is 12.2. The van der Waals surface area contributed by atoms with Crippen molar-refractivity contribution in [3.05, 3.63) is 101 Å². The van der Waals surface area contributed by atoms with E-state index in [2.05, 4.69) is 50.7 Å². The third-order valence-electron chi connectivity index (χ3n) is 12.2. The van der Waals surface area contributed by atoms with E-state index in [1.165, 1.54) is 12.4 Å². The summed E-state index contributed by atoms with van der Waals surface area (Å²) in [4.78, 5) is 99.5. The summed E-state index contributed by atoms with van der Waals surface area (Å²) in [6.45, 7) is 6.18.